The molecule has 0 aliphatic carbocycles. The Labute approximate surface area is 121 Å². The molecule has 6 nitrogen and oxygen atoms in total. The molecule has 0 aliphatic heterocycles. The van der Waals surface area contributed by atoms with Crippen molar-refractivity contribution in [2.24, 2.45) is 5.92 Å². The van der Waals surface area contributed by atoms with Crippen molar-refractivity contribution in [3.8, 4) is 0 Å². The van der Waals surface area contributed by atoms with E-state index in [-0.39, 0.29) is 24.4 Å². The number of nitrogens with one attached hydrogen (secondary N) is 2. The zero-order valence-electron chi connectivity index (χ0n) is 13.2. The number of urea groups is 1. The molecule has 3 N–H and O–H groups in total. The summed E-state index contributed by atoms with van der Waals surface area (Å²) in [7, 11) is 0. The standard InChI is InChI=1S/C14H28N2O4/c1-6-20-9-11(10(2)3)15-13(19)16-14(4,5)8-7-12(17)18/h10-11H,6-9H2,1-5H3,(H,17,18)(H2,15,16,19). The third kappa shape index (κ3) is 8.74. The second-order valence-electron chi connectivity index (χ2n) is 5.89. The third-order valence-electron chi connectivity index (χ3n) is 3.04. The van der Waals surface area contributed by atoms with Crippen LogP contribution in [0.5, 0.6) is 0 Å². The van der Waals surface area contributed by atoms with Crippen molar-refractivity contribution in [2.45, 2.75) is 59.0 Å². The molecule has 0 aliphatic rings. The van der Waals surface area contributed by atoms with Gasteiger partial charge in [0.25, 0.3) is 0 Å². The van der Waals surface area contributed by atoms with E-state index in [0.717, 1.165) is 0 Å². The SMILES string of the molecule is CCOCC(NC(=O)NC(C)(C)CCC(=O)O)C(C)C. The number of carbonyl (C=O) groups excluding carboxylic acids is 1. The van der Waals surface area contributed by atoms with Crippen LogP contribution < -0.4 is 10.6 Å². The Bertz CT molecular complexity index is 316. The summed E-state index contributed by atoms with van der Waals surface area (Å²) in [5, 5.41) is 14.4. The lowest BCUT2D eigenvalue weighted by atomic mass is 9.98. The molecule has 0 saturated heterocycles. The second kappa shape index (κ2) is 8.79. The summed E-state index contributed by atoms with van der Waals surface area (Å²) in [5.74, 6) is -0.605. The van der Waals surface area contributed by atoms with Gasteiger partial charge in [-0.3, -0.25) is 4.79 Å². The minimum atomic E-state index is -0.864. The molecule has 2 amide bonds. The molecule has 0 radical (unpaired) electrons. The zero-order chi connectivity index (χ0) is 15.8. The first-order valence-corrected chi connectivity index (χ1v) is 7.06. The van der Waals surface area contributed by atoms with Gasteiger partial charge < -0.3 is 20.5 Å². The van der Waals surface area contributed by atoms with Gasteiger partial charge in [0, 0.05) is 18.6 Å². The summed E-state index contributed by atoms with van der Waals surface area (Å²) >= 11 is 0. The fourth-order valence-corrected chi connectivity index (χ4v) is 1.64. The first-order valence-electron chi connectivity index (χ1n) is 7.06. The number of ether oxygens (including phenoxy) is 1. The minimum Gasteiger partial charge on any atom is -0.481 e. The molecule has 0 aromatic rings. The molecule has 6 heteroatoms. The fourth-order valence-electron chi connectivity index (χ4n) is 1.64. The monoisotopic (exact) mass is 288 g/mol. The van der Waals surface area contributed by atoms with Gasteiger partial charge >= 0.3 is 12.0 Å². The molecular formula is C14H28N2O4. The van der Waals surface area contributed by atoms with Crippen LogP contribution in [0.2, 0.25) is 0 Å². The number of carbonyl (C=O) groups is 2. The Hall–Kier alpha value is -1.30. The Balaban J connectivity index is 4.32. The van der Waals surface area contributed by atoms with Gasteiger partial charge in [-0.1, -0.05) is 13.8 Å². The predicted molar refractivity (Wildman–Crippen MR) is 77.7 cm³/mol. The van der Waals surface area contributed by atoms with E-state index in [1.54, 1.807) is 0 Å². The average Bonchev–Trinajstić information content (AvgIpc) is 2.31. The number of carboxylic acid groups (broad SMARTS) is 1. The van der Waals surface area contributed by atoms with Gasteiger partial charge in [-0.05, 0) is 33.1 Å². The lowest BCUT2D eigenvalue weighted by Crippen LogP contribution is -2.53. The summed E-state index contributed by atoms with van der Waals surface area (Å²) in [6.45, 7) is 10.6. The summed E-state index contributed by atoms with van der Waals surface area (Å²) < 4.78 is 5.35. The van der Waals surface area contributed by atoms with Crippen LogP contribution in [0.25, 0.3) is 0 Å². The molecule has 0 bridgehead atoms. The average molecular weight is 288 g/mol. The van der Waals surface area contributed by atoms with Crippen molar-refractivity contribution < 1.29 is 19.4 Å². The van der Waals surface area contributed by atoms with Gasteiger partial charge in [-0.25, -0.2) is 4.79 Å². The first-order chi connectivity index (χ1) is 9.18. The van der Waals surface area contributed by atoms with E-state index in [1.807, 2.05) is 34.6 Å². The minimum absolute atomic E-state index is 0.0276. The number of hydrogen-bond donors (Lipinski definition) is 3. The van der Waals surface area contributed by atoms with Crippen molar-refractivity contribution in [3.63, 3.8) is 0 Å². The summed E-state index contributed by atoms with van der Waals surface area (Å²) in [6, 6.07) is -0.357. The maximum Gasteiger partial charge on any atom is 0.315 e. The normalized spacial score (nSPS) is 13.1. The Kier molecular flexibility index (Phi) is 8.22. The molecule has 0 heterocycles. The van der Waals surface area contributed by atoms with Gasteiger partial charge in [-0.15, -0.1) is 0 Å². The molecule has 0 aromatic carbocycles. The van der Waals surface area contributed by atoms with Gasteiger partial charge in [-0.2, -0.15) is 0 Å². The number of aliphatic carboxylic acids is 1. The van der Waals surface area contributed by atoms with Crippen LogP contribution in [0, 0.1) is 5.92 Å². The van der Waals surface area contributed by atoms with Crippen LogP contribution in [-0.4, -0.2) is 41.9 Å². The third-order valence-corrected chi connectivity index (χ3v) is 3.04. The van der Waals surface area contributed by atoms with Crippen molar-refractivity contribution in [1.29, 1.82) is 0 Å². The lowest BCUT2D eigenvalue weighted by molar-refractivity contribution is -0.137. The highest BCUT2D eigenvalue weighted by Crippen LogP contribution is 2.11. The summed E-state index contributed by atoms with van der Waals surface area (Å²) in [6.07, 6.45) is 0.410. The smallest absolute Gasteiger partial charge is 0.315 e. The largest absolute Gasteiger partial charge is 0.481 e. The summed E-state index contributed by atoms with van der Waals surface area (Å²) in [5.41, 5.74) is -0.560. The Morgan fingerprint density at radius 2 is 1.90 bits per heavy atom. The Morgan fingerprint density at radius 1 is 1.30 bits per heavy atom. The molecule has 0 aromatic heterocycles. The fraction of sp³-hybridized carbons (Fsp3) is 0.857. The number of hydrogen-bond acceptors (Lipinski definition) is 3. The van der Waals surface area contributed by atoms with Crippen LogP contribution in [-0.2, 0) is 9.53 Å². The maximum absolute atomic E-state index is 12.0. The van der Waals surface area contributed by atoms with Gasteiger partial charge in [0.1, 0.15) is 0 Å². The molecule has 0 rings (SSSR count). The zero-order valence-corrected chi connectivity index (χ0v) is 13.2. The molecular weight excluding hydrogens is 260 g/mol. The molecule has 20 heavy (non-hydrogen) atoms. The maximum atomic E-state index is 12.0. The Morgan fingerprint density at radius 3 is 2.35 bits per heavy atom. The van der Waals surface area contributed by atoms with Gasteiger partial charge in [0.15, 0.2) is 0 Å². The van der Waals surface area contributed by atoms with E-state index in [9.17, 15) is 9.59 Å². The van der Waals surface area contributed by atoms with Crippen LogP contribution >= 0.6 is 0 Å². The molecule has 118 valence electrons. The quantitative estimate of drug-likeness (QED) is 0.605. The lowest BCUT2D eigenvalue weighted by Gasteiger charge is -2.28. The van der Waals surface area contributed by atoms with E-state index < -0.39 is 11.5 Å². The second-order valence-corrected chi connectivity index (χ2v) is 5.89. The van der Waals surface area contributed by atoms with Crippen molar-refractivity contribution in [1.82, 2.24) is 10.6 Å². The molecule has 1 atom stereocenters. The van der Waals surface area contributed by atoms with Gasteiger partial charge in [0.2, 0.25) is 0 Å². The number of carboxylic acids is 1. The van der Waals surface area contributed by atoms with Gasteiger partial charge in [0.05, 0.1) is 12.6 Å². The van der Waals surface area contributed by atoms with Crippen LogP contribution in [0.3, 0.4) is 0 Å². The van der Waals surface area contributed by atoms with Crippen molar-refractivity contribution in [2.75, 3.05) is 13.2 Å². The molecule has 1 unspecified atom stereocenters. The van der Waals surface area contributed by atoms with E-state index in [4.69, 9.17) is 9.84 Å². The molecule has 0 saturated carbocycles. The van der Waals surface area contributed by atoms with Crippen LogP contribution in [0.1, 0.15) is 47.5 Å². The topological polar surface area (TPSA) is 87.7 Å². The van der Waals surface area contributed by atoms with Crippen molar-refractivity contribution >= 4 is 12.0 Å². The predicted octanol–water partition coefficient (Wildman–Crippen LogP) is 1.99. The van der Waals surface area contributed by atoms with E-state index >= 15 is 0 Å². The van der Waals surface area contributed by atoms with E-state index in [2.05, 4.69) is 10.6 Å². The highest BCUT2D eigenvalue weighted by Gasteiger charge is 2.23. The summed E-state index contributed by atoms with van der Waals surface area (Å²) in [4.78, 5) is 22.5. The highest BCUT2D eigenvalue weighted by atomic mass is 16.5. The van der Waals surface area contributed by atoms with Crippen LogP contribution in [0.15, 0.2) is 0 Å². The molecule has 0 spiro atoms. The van der Waals surface area contributed by atoms with E-state index in [0.29, 0.717) is 19.6 Å². The number of rotatable bonds is 9. The highest BCUT2D eigenvalue weighted by molar-refractivity contribution is 5.75. The van der Waals surface area contributed by atoms with E-state index in [1.165, 1.54) is 0 Å². The van der Waals surface area contributed by atoms with Crippen LogP contribution in [0.4, 0.5) is 4.79 Å². The first kappa shape index (κ1) is 18.7. The van der Waals surface area contributed by atoms with Crippen molar-refractivity contribution in [3.05, 3.63) is 0 Å². The molecule has 0 fully saturated rings. The number of amides is 2.